The van der Waals surface area contributed by atoms with Crippen molar-refractivity contribution in [1.29, 1.82) is 5.26 Å². The Kier molecular flexibility index (Phi) is 6.24. The lowest BCUT2D eigenvalue weighted by Crippen LogP contribution is -2.25. The van der Waals surface area contributed by atoms with E-state index in [1.54, 1.807) is 0 Å². The van der Waals surface area contributed by atoms with Crippen LogP contribution in [0.1, 0.15) is 30.9 Å². The van der Waals surface area contributed by atoms with Crippen LogP contribution in [-0.2, 0) is 0 Å². The van der Waals surface area contributed by atoms with Crippen LogP contribution >= 0.6 is 0 Å². The van der Waals surface area contributed by atoms with E-state index in [1.807, 2.05) is 30.3 Å². The topological polar surface area (TPSA) is 56.0 Å². The SMILES string of the molecule is N#CCCCCNC(CO)c1ccccc1. The molecule has 2 N–H and O–H groups in total. The summed E-state index contributed by atoms with van der Waals surface area (Å²) in [4.78, 5) is 0. The minimum absolute atomic E-state index is 0.00304. The van der Waals surface area contributed by atoms with Crippen molar-refractivity contribution in [3.05, 3.63) is 35.9 Å². The highest BCUT2D eigenvalue weighted by Gasteiger charge is 2.07. The Balaban J connectivity index is 2.31. The summed E-state index contributed by atoms with van der Waals surface area (Å²) in [7, 11) is 0. The van der Waals surface area contributed by atoms with Crippen molar-refractivity contribution in [3.8, 4) is 6.07 Å². The quantitative estimate of drug-likeness (QED) is 0.688. The fourth-order valence-electron chi connectivity index (χ4n) is 1.58. The number of unbranched alkanes of at least 4 members (excludes halogenated alkanes) is 2. The van der Waals surface area contributed by atoms with Gasteiger partial charge in [0.05, 0.1) is 18.7 Å². The van der Waals surface area contributed by atoms with E-state index >= 15 is 0 Å². The maximum Gasteiger partial charge on any atom is 0.0626 e. The summed E-state index contributed by atoms with van der Waals surface area (Å²) in [5, 5.41) is 20.9. The molecule has 0 fully saturated rings. The van der Waals surface area contributed by atoms with E-state index in [1.165, 1.54) is 0 Å². The van der Waals surface area contributed by atoms with Gasteiger partial charge in [0, 0.05) is 6.42 Å². The fourth-order valence-corrected chi connectivity index (χ4v) is 1.58. The number of hydrogen-bond donors (Lipinski definition) is 2. The van der Waals surface area contributed by atoms with E-state index in [0.717, 1.165) is 24.9 Å². The van der Waals surface area contributed by atoms with Gasteiger partial charge in [0.2, 0.25) is 0 Å². The number of nitrogens with zero attached hydrogens (tertiary/aromatic N) is 1. The smallest absolute Gasteiger partial charge is 0.0626 e. The normalized spacial score (nSPS) is 12.0. The molecule has 1 rings (SSSR count). The van der Waals surface area contributed by atoms with Crippen molar-refractivity contribution in [2.45, 2.75) is 25.3 Å². The van der Waals surface area contributed by atoms with Crippen LogP contribution < -0.4 is 5.32 Å². The van der Waals surface area contributed by atoms with E-state index in [0.29, 0.717) is 6.42 Å². The van der Waals surface area contributed by atoms with Crippen molar-refractivity contribution in [2.75, 3.05) is 13.2 Å². The first-order valence-corrected chi connectivity index (χ1v) is 5.64. The highest BCUT2D eigenvalue weighted by molar-refractivity contribution is 5.18. The molecule has 86 valence electrons. The summed E-state index contributed by atoms with van der Waals surface area (Å²) in [5.74, 6) is 0. The van der Waals surface area contributed by atoms with Gasteiger partial charge in [-0.25, -0.2) is 0 Å². The third-order valence-electron chi connectivity index (χ3n) is 2.49. The number of benzene rings is 1. The Labute approximate surface area is 96.7 Å². The van der Waals surface area contributed by atoms with Crippen molar-refractivity contribution in [3.63, 3.8) is 0 Å². The van der Waals surface area contributed by atoms with E-state index in [2.05, 4.69) is 11.4 Å². The zero-order chi connectivity index (χ0) is 11.6. The molecule has 0 saturated heterocycles. The molecule has 3 heteroatoms. The van der Waals surface area contributed by atoms with Crippen LogP contribution in [0.4, 0.5) is 0 Å². The molecule has 0 saturated carbocycles. The third kappa shape index (κ3) is 4.43. The maximum atomic E-state index is 9.27. The average Bonchev–Trinajstić information content (AvgIpc) is 2.35. The predicted molar refractivity (Wildman–Crippen MR) is 63.7 cm³/mol. The minimum Gasteiger partial charge on any atom is -0.394 e. The number of rotatable bonds is 7. The highest BCUT2D eigenvalue weighted by atomic mass is 16.3. The highest BCUT2D eigenvalue weighted by Crippen LogP contribution is 2.11. The second-order valence-corrected chi connectivity index (χ2v) is 3.72. The number of nitriles is 1. The van der Waals surface area contributed by atoms with Gasteiger partial charge < -0.3 is 10.4 Å². The number of aliphatic hydroxyl groups excluding tert-OH is 1. The van der Waals surface area contributed by atoms with Gasteiger partial charge in [-0.15, -0.1) is 0 Å². The molecule has 16 heavy (non-hydrogen) atoms. The summed E-state index contributed by atoms with van der Waals surface area (Å²) in [6.45, 7) is 0.935. The Hall–Kier alpha value is -1.37. The third-order valence-corrected chi connectivity index (χ3v) is 2.49. The van der Waals surface area contributed by atoms with Crippen LogP contribution in [0.5, 0.6) is 0 Å². The molecule has 0 aliphatic heterocycles. The molecular weight excluding hydrogens is 200 g/mol. The first kappa shape index (κ1) is 12.7. The molecule has 1 unspecified atom stereocenters. The standard InChI is InChI=1S/C13H18N2O/c14-9-5-2-6-10-15-13(11-16)12-7-3-1-4-8-12/h1,3-4,7-8,13,15-16H,2,5-6,10-11H2. The summed E-state index contributed by atoms with van der Waals surface area (Å²) >= 11 is 0. The molecule has 1 aromatic rings. The van der Waals surface area contributed by atoms with Gasteiger partial charge in [-0.1, -0.05) is 30.3 Å². The van der Waals surface area contributed by atoms with Gasteiger partial charge in [0.15, 0.2) is 0 Å². The van der Waals surface area contributed by atoms with Crippen LogP contribution in [0.25, 0.3) is 0 Å². The average molecular weight is 218 g/mol. The summed E-state index contributed by atoms with van der Waals surface area (Å²) in [5.41, 5.74) is 1.10. The van der Waals surface area contributed by atoms with Crippen molar-refractivity contribution in [2.24, 2.45) is 0 Å². The van der Waals surface area contributed by atoms with Crippen molar-refractivity contribution >= 4 is 0 Å². The zero-order valence-corrected chi connectivity index (χ0v) is 9.39. The molecule has 0 spiro atoms. The molecule has 0 aromatic heterocycles. The van der Waals surface area contributed by atoms with E-state index in [4.69, 9.17) is 5.26 Å². The maximum absolute atomic E-state index is 9.27. The van der Waals surface area contributed by atoms with Crippen LogP contribution in [0.15, 0.2) is 30.3 Å². The second kappa shape index (κ2) is 7.86. The number of aliphatic hydroxyl groups is 1. The summed E-state index contributed by atoms with van der Waals surface area (Å²) < 4.78 is 0. The largest absolute Gasteiger partial charge is 0.394 e. The Bertz CT molecular complexity index is 318. The lowest BCUT2D eigenvalue weighted by molar-refractivity contribution is 0.244. The van der Waals surface area contributed by atoms with Crippen molar-refractivity contribution in [1.82, 2.24) is 5.32 Å². The summed E-state index contributed by atoms with van der Waals surface area (Å²) in [6, 6.07) is 12.0. The minimum atomic E-state index is 0.00304. The van der Waals surface area contributed by atoms with Gasteiger partial charge in [0.1, 0.15) is 0 Å². The molecule has 0 bridgehead atoms. The molecule has 0 aliphatic carbocycles. The van der Waals surface area contributed by atoms with Gasteiger partial charge in [-0.05, 0) is 24.9 Å². The van der Waals surface area contributed by atoms with E-state index < -0.39 is 0 Å². The molecule has 1 atom stereocenters. The summed E-state index contributed by atoms with van der Waals surface area (Å²) in [6.07, 6.45) is 2.49. The van der Waals surface area contributed by atoms with Gasteiger partial charge in [0.25, 0.3) is 0 Å². The van der Waals surface area contributed by atoms with Crippen LogP contribution in [0, 0.1) is 11.3 Å². The van der Waals surface area contributed by atoms with E-state index in [-0.39, 0.29) is 12.6 Å². The molecule has 1 aromatic carbocycles. The molecule has 0 amide bonds. The molecule has 0 radical (unpaired) electrons. The van der Waals surface area contributed by atoms with Gasteiger partial charge in [-0.3, -0.25) is 0 Å². The fraction of sp³-hybridized carbons (Fsp3) is 0.462. The van der Waals surface area contributed by atoms with E-state index in [9.17, 15) is 5.11 Å². The molecule has 0 heterocycles. The van der Waals surface area contributed by atoms with Crippen LogP contribution in [0.2, 0.25) is 0 Å². The Morgan fingerprint density at radius 1 is 1.25 bits per heavy atom. The predicted octanol–water partition coefficient (Wildman–Crippen LogP) is 2.00. The van der Waals surface area contributed by atoms with Crippen LogP contribution in [-0.4, -0.2) is 18.3 Å². The number of nitrogens with one attached hydrogen (secondary N) is 1. The second-order valence-electron chi connectivity index (χ2n) is 3.72. The molecular formula is C13H18N2O. The number of hydrogen-bond acceptors (Lipinski definition) is 3. The monoisotopic (exact) mass is 218 g/mol. The molecule has 0 aliphatic rings. The lowest BCUT2D eigenvalue weighted by atomic mass is 10.1. The lowest BCUT2D eigenvalue weighted by Gasteiger charge is -2.16. The van der Waals surface area contributed by atoms with Crippen LogP contribution in [0.3, 0.4) is 0 Å². The first-order chi connectivity index (χ1) is 7.88. The Morgan fingerprint density at radius 2 is 2.00 bits per heavy atom. The van der Waals surface area contributed by atoms with Gasteiger partial charge in [-0.2, -0.15) is 5.26 Å². The molecule has 3 nitrogen and oxygen atoms in total. The first-order valence-electron chi connectivity index (χ1n) is 5.64. The zero-order valence-electron chi connectivity index (χ0n) is 9.39. The Morgan fingerprint density at radius 3 is 2.62 bits per heavy atom. The van der Waals surface area contributed by atoms with Crippen molar-refractivity contribution < 1.29 is 5.11 Å². The van der Waals surface area contributed by atoms with Gasteiger partial charge >= 0.3 is 0 Å².